The Labute approximate surface area is 94.7 Å². The van der Waals surface area contributed by atoms with E-state index in [9.17, 15) is 0 Å². The van der Waals surface area contributed by atoms with E-state index in [-0.39, 0.29) is 11.8 Å². The molecule has 0 aromatic carbocycles. The van der Waals surface area contributed by atoms with Crippen LogP contribution in [0.2, 0.25) is 0 Å². The molecule has 0 amide bonds. The maximum absolute atomic E-state index is 8.85. The topological polar surface area (TPSA) is 62.0 Å². The van der Waals surface area contributed by atoms with E-state index >= 15 is 0 Å². The minimum absolute atomic E-state index is 0.153. The van der Waals surface area contributed by atoms with Crippen LogP contribution in [0, 0.1) is 11.3 Å². The second-order valence-electron chi connectivity index (χ2n) is 3.94. The van der Waals surface area contributed by atoms with E-state index in [4.69, 9.17) is 10.00 Å². The van der Waals surface area contributed by atoms with Crippen LogP contribution in [0.25, 0.3) is 0 Å². The third kappa shape index (κ3) is 2.47. The Bertz CT molecular complexity index is 393. The molecular formula is C11H14N4O. The molecule has 1 aliphatic rings. The fourth-order valence-electron chi connectivity index (χ4n) is 1.75. The molecule has 1 saturated heterocycles. The predicted molar refractivity (Wildman–Crippen MR) is 57.9 cm³/mol. The number of hydrogen-bond donors (Lipinski definition) is 0. The number of nitriles is 1. The van der Waals surface area contributed by atoms with E-state index in [1.807, 2.05) is 6.07 Å². The zero-order valence-electron chi connectivity index (χ0n) is 9.26. The van der Waals surface area contributed by atoms with Crippen LogP contribution in [0.5, 0.6) is 5.88 Å². The monoisotopic (exact) mass is 218 g/mol. The molecule has 0 spiro atoms. The van der Waals surface area contributed by atoms with Gasteiger partial charge in [0, 0.05) is 25.5 Å². The van der Waals surface area contributed by atoms with E-state index in [1.54, 1.807) is 6.20 Å². The Hall–Kier alpha value is -1.67. The van der Waals surface area contributed by atoms with Crippen LogP contribution in [-0.2, 0) is 0 Å². The van der Waals surface area contributed by atoms with Crippen molar-refractivity contribution in [1.82, 2.24) is 14.9 Å². The maximum atomic E-state index is 8.85. The van der Waals surface area contributed by atoms with Crippen LogP contribution in [0.15, 0.2) is 12.4 Å². The summed E-state index contributed by atoms with van der Waals surface area (Å²) < 4.78 is 5.70. The van der Waals surface area contributed by atoms with E-state index in [2.05, 4.69) is 21.9 Å². The van der Waals surface area contributed by atoms with Crippen molar-refractivity contribution in [1.29, 1.82) is 5.26 Å². The SMILES string of the molecule is CN1CCC(Oc2nccnc2C#N)CC1. The van der Waals surface area contributed by atoms with E-state index < -0.39 is 0 Å². The molecule has 2 rings (SSSR count). The predicted octanol–water partition coefficient (Wildman–Crippen LogP) is 0.821. The van der Waals surface area contributed by atoms with E-state index in [0.29, 0.717) is 5.88 Å². The molecule has 0 aliphatic carbocycles. The number of aromatic nitrogens is 2. The fourth-order valence-corrected chi connectivity index (χ4v) is 1.75. The summed E-state index contributed by atoms with van der Waals surface area (Å²) in [7, 11) is 2.10. The highest BCUT2D eigenvalue weighted by atomic mass is 16.5. The zero-order chi connectivity index (χ0) is 11.4. The normalized spacial score (nSPS) is 18.0. The summed E-state index contributed by atoms with van der Waals surface area (Å²) >= 11 is 0. The molecule has 0 bridgehead atoms. The van der Waals surface area contributed by atoms with Crippen LogP contribution in [0.3, 0.4) is 0 Å². The number of hydrogen-bond acceptors (Lipinski definition) is 5. The minimum atomic E-state index is 0.153. The molecular weight excluding hydrogens is 204 g/mol. The van der Waals surface area contributed by atoms with Gasteiger partial charge >= 0.3 is 0 Å². The first-order valence-electron chi connectivity index (χ1n) is 5.36. The van der Waals surface area contributed by atoms with Gasteiger partial charge in [-0.3, -0.25) is 0 Å². The van der Waals surface area contributed by atoms with Crippen LogP contribution in [-0.4, -0.2) is 41.1 Å². The number of rotatable bonds is 2. The fraction of sp³-hybridized carbons (Fsp3) is 0.545. The molecule has 0 saturated carbocycles. The van der Waals surface area contributed by atoms with Gasteiger partial charge in [0.05, 0.1) is 0 Å². The lowest BCUT2D eigenvalue weighted by Crippen LogP contribution is -2.35. The molecule has 0 atom stereocenters. The lowest BCUT2D eigenvalue weighted by atomic mass is 10.1. The summed E-state index contributed by atoms with van der Waals surface area (Å²) in [5, 5.41) is 8.85. The largest absolute Gasteiger partial charge is 0.472 e. The Balaban J connectivity index is 2.01. The van der Waals surface area contributed by atoms with Crippen molar-refractivity contribution in [3.05, 3.63) is 18.1 Å². The Morgan fingerprint density at radius 1 is 1.38 bits per heavy atom. The van der Waals surface area contributed by atoms with Crippen LogP contribution in [0.1, 0.15) is 18.5 Å². The average molecular weight is 218 g/mol. The minimum Gasteiger partial charge on any atom is -0.472 e. The molecule has 1 fully saturated rings. The summed E-state index contributed by atoms with van der Waals surface area (Å²) in [5.41, 5.74) is 0.265. The first-order valence-corrected chi connectivity index (χ1v) is 5.36. The van der Waals surface area contributed by atoms with Crippen molar-refractivity contribution >= 4 is 0 Å². The third-order valence-electron chi connectivity index (χ3n) is 2.71. The highest BCUT2D eigenvalue weighted by molar-refractivity contribution is 5.30. The Kier molecular flexibility index (Phi) is 3.32. The second-order valence-corrected chi connectivity index (χ2v) is 3.94. The van der Waals surface area contributed by atoms with Gasteiger partial charge in [-0.1, -0.05) is 0 Å². The lowest BCUT2D eigenvalue weighted by molar-refractivity contribution is 0.109. The molecule has 16 heavy (non-hydrogen) atoms. The maximum Gasteiger partial charge on any atom is 0.251 e. The first-order chi connectivity index (χ1) is 7.79. The molecule has 2 heterocycles. The molecule has 5 nitrogen and oxygen atoms in total. The van der Waals surface area contributed by atoms with Gasteiger partial charge in [-0.05, 0) is 19.9 Å². The van der Waals surface area contributed by atoms with Crippen LogP contribution < -0.4 is 4.74 Å². The third-order valence-corrected chi connectivity index (χ3v) is 2.71. The van der Waals surface area contributed by atoms with Gasteiger partial charge in [0.15, 0.2) is 0 Å². The van der Waals surface area contributed by atoms with E-state index in [0.717, 1.165) is 25.9 Å². The van der Waals surface area contributed by atoms with E-state index in [1.165, 1.54) is 6.20 Å². The van der Waals surface area contributed by atoms with Gasteiger partial charge in [-0.25, -0.2) is 9.97 Å². The standard InChI is InChI=1S/C11H14N4O/c1-15-6-2-9(3-7-15)16-11-10(8-12)13-4-5-14-11/h4-5,9H,2-3,6-7H2,1H3. The van der Waals surface area contributed by atoms with Crippen LogP contribution >= 0.6 is 0 Å². The van der Waals surface area contributed by atoms with Gasteiger partial charge in [-0.15, -0.1) is 0 Å². The van der Waals surface area contributed by atoms with Gasteiger partial charge in [0.2, 0.25) is 5.69 Å². The number of ether oxygens (including phenoxy) is 1. The van der Waals surface area contributed by atoms with Gasteiger partial charge in [0.25, 0.3) is 5.88 Å². The average Bonchev–Trinajstić information content (AvgIpc) is 2.33. The van der Waals surface area contributed by atoms with Crippen molar-refractivity contribution in [3.8, 4) is 11.9 Å². The van der Waals surface area contributed by atoms with Gasteiger partial charge in [0.1, 0.15) is 12.2 Å². The molecule has 84 valence electrons. The summed E-state index contributed by atoms with van der Waals surface area (Å²) in [6, 6.07) is 1.98. The quantitative estimate of drug-likeness (QED) is 0.735. The smallest absolute Gasteiger partial charge is 0.251 e. The van der Waals surface area contributed by atoms with Crippen LogP contribution in [0.4, 0.5) is 0 Å². The zero-order valence-corrected chi connectivity index (χ0v) is 9.26. The highest BCUT2D eigenvalue weighted by Crippen LogP contribution is 2.18. The Morgan fingerprint density at radius 3 is 2.75 bits per heavy atom. The summed E-state index contributed by atoms with van der Waals surface area (Å²) in [4.78, 5) is 10.2. The molecule has 1 aromatic heterocycles. The van der Waals surface area contributed by atoms with Crippen molar-refractivity contribution in [3.63, 3.8) is 0 Å². The number of nitrogens with zero attached hydrogens (tertiary/aromatic N) is 4. The molecule has 0 radical (unpaired) electrons. The summed E-state index contributed by atoms with van der Waals surface area (Å²) in [5.74, 6) is 0.361. The second kappa shape index (κ2) is 4.90. The van der Waals surface area contributed by atoms with Crippen molar-refractivity contribution in [2.45, 2.75) is 18.9 Å². The van der Waals surface area contributed by atoms with Crippen molar-refractivity contribution < 1.29 is 4.74 Å². The first kappa shape index (κ1) is 10.8. The summed E-state index contributed by atoms with van der Waals surface area (Å²) in [6.45, 7) is 2.04. The molecule has 0 N–H and O–H groups in total. The van der Waals surface area contributed by atoms with Gasteiger partial charge < -0.3 is 9.64 Å². The number of piperidine rings is 1. The molecule has 5 heteroatoms. The number of likely N-dealkylation sites (tertiary alicyclic amines) is 1. The highest BCUT2D eigenvalue weighted by Gasteiger charge is 2.19. The van der Waals surface area contributed by atoms with Gasteiger partial charge in [-0.2, -0.15) is 5.26 Å². The Morgan fingerprint density at radius 2 is 2.06 bits per heavy atom. The molecule has 1 aliphatic heterocycles. The lowest BCUT2D eigenvalue weighted by Gasteiger charge is -2.28. The molecule has 0 unspecified atom stereocenters. The van der Waals surface area contributed by atoms with Crippen molar-refractivity contribution in [2.75, 3.05) is 20.1 Å². The van der Waals surface area contributed by atoms with Crippen molar-refractivity contribution in [2.24, 2.45) is 0 Å². The molecule has 1 aromatic rings. The summed E-state index contributed by atoms with van der Waals surface area (Å²) in [6.07, 6.45) is 5.14.